The van der Waals surface area contributed by atoms with Gasteiger partial charge < -0.3 is 9.73 Å². The highest BCUT2D eigenvalue weighted by atomic mass is 16.6. The number of oxazole rings is 1. The molecule has 2 rings (SSSR count). The Bertz CT molecular complexity index is 681. The third-order valence-electron chi connectivity index (χ3n) is 2.83. The second-order valence-electron chi connectivity index (χ2n) is 4.20. The molecular weight excluding hydrogens is 260 g/mol. The molecule has 1 N–H and O–H groups in total. The first-order valence-corrected chi connectivity index (χ1v) is 5.86. The fourth-order valence-corrected chi connectivity index (χ4v) is 1.68. The number of aryl methyl sites for hydroxylation is 2. The molecule has 0 aliphatic rings. The predicted molar refractivity (Wildman–Crippen MR) is 71.1 cm³/mol. The monoisotopic (exact) mass is 272 g/mol. The maximum Gasteiger partial charge on any atom is 0.289 e. The highest BCUT2D eigenvalue weighted by Crippen LogP contribution is 2.23. The van der Waals surface area contributed by atoms with E-state index in [0.29, 0.717) is 18.1 Å². The lowest BCUT2D eigenvalue weighted by molar-refractivity contribution is -0.385. The molecule has 0 fully saturated rings. The van der Waals surface area contributed by atoms with Gasteiger partial charge in [-0.15, -0.1) is 0 Å². The molecule has 102 valence electrons. The molecule has 0 saturated heterocycles. The van der Waals surface area contributed by atoms with Crippen LogP contribution in [0.25, 0.3) is 0 Å². The van der Waals surface area contributed by atoms with Gasteiger partial charge in [-0.3, -0.25) is 10.1 Å². The van der Waals surface area contributed by atoms with Crippen molar-refractivity contribution in [1.29, 1.82) is 5.26 Å². The molecule has 0 aliphatic heterocycles. The Morgan fingerprint density at radius 3 is 2.80 bits per heavy atom. The van der Waals surface area contributed by atoms with Crippen LogP contribution in [0.15, 0.2) is 22.6 Å². The van der Waals surface area contributed by atoms with Crippen LogP contribution in [0.5, 0.6) is 0 Å². The van der Waals surface area contributed by atoms with Crippen LogP contribution in [-0.4, -0.2) is 9.91 Å². The number of anilines is 1. The van der Waals surface area contributed by atoms with Crippen molar-refractivity contribution in [3.8, 4) is 6.07 Å². The zero-order chi connectivity index (χ0) is 14.7. The van der Waals surface area contributed by atoms with E-state index in [9.17, 15) is 10.1 Å². The highest BCUT2D eigenvalue weighted by Gasteiger charge is 2.14. The number of nitro groups is 1. The summed E-state index contributed by atoms with van der Waals surface area (Å²) >= 11 is 0. The number of nitrogens with zero attached hydrogens (tertiary/aromatic N) is 3. The van der Waals surface area contributed by atoms with Crippen molar-refractivity contribution in [3.05, 3.63) is 51.2 Å². The number of rotatable bonds is 4. The molecule has 0 radical (unpaired) electrons. The molecule has 1 aromatic carbocycles. The second kappa shape index (κ2) is 5.40. The lowest BCUT2D eigenvalue weighted by Gasteiger charge is -2.04. The van der Waals surface area contributed by atoms with Crippen molar-refractivity contribution in [2.45, 2.75) is 20.4 Å². The molecule has 20 heavy (non-hydrogen) atoms. The largest absolute Gasteiger partial charge is 0.444 e. The third kappa shape index (κ3) is 2.75. The summed E-state index contributed by atoms with van der Waals surface area (Å²) in [6.45, 7) is 3.98. The predicted octanol–water partition coefficient (Wildman–Crippen LogP) is 2.68. The number of hydrogen-bond donors (Lipinski definition) is 1. The van der Waals surface area contributed by atoms with E-state index in [-0.39, 0.29) is 11.3 Å². The summed E-state index contributed by atoms with van der Waals surface area (Å²) in [5.74, 6) is 1.25. The van der Waals surface area contributed by atoms with Gasteiger partial charge >= 0.3 is 0 Å². The lowest BCUT2D eigenvalue weighted by Crippen LogP contribution is -2.01. The lowest BCUT2D eigenvalue weighted by atomic mass is 10.2. The van der Waals surface area contributed by atoms with Crippen LogP contribution in [0.3, 0.4) is 0 Å². The smallest absolute Gasteiger partial charge is 0.289 e. The first-order chi connectivity index (χ1) is 9.51. The number of nitrogens with one attached hydrogen (secondary N) is 1. The summed E-state index contributed by atoms with van der Waals surface area (Å²) in [5, 5.41) is 22.6. The van der Waals surface area contributed by atoms with Crippen LogP contribution in [0.2, 0.25) is 0 Å². The number of nitro benzene ring substituents is 1. The molecule has 7 nitrogen and oxygen atoms in total. The Hall–Kier alpha value is -2.88. The third-order valence-corrected chi connectivity index (χ3v) is 2.83. The summed E-state index contributed by atoms with van der Waals surface area (Å²) in [5.41, 5.74) is 1.15. The van der Waals surface area contributed by atoms with E-state index in [1.165, 1.54) is 12.1 Å². The summed E-state index contributed by atoms with van der Waals surface area (Å²) < 4.78 is 5.40. The average molecular weight is 272 g/mol. The zero-order valence-corrected chi connectivity index (χ0v) is 11.0. The van der Waals surface area contributed by atoms with E-state index in [1.54, 1.807) is 12.1 Å². The summed E-state index contributed by atoms with van der Waals surface area (Å²) in [4.78, 5) is 14.5. The normalized spacial score (nSPS) is 10.1. The van der Waals surface area contributed by atoms with Crippen molar-refractivity contribution < 1.29 is 9.34 Å². The number of nitriles is 1. The minimum Gasteiger partial charge on any atom is -0.444 e. The van der Waals surface area contributed by atoms with Crippen molar-refractivity contribution in [1.82, 2.24) is 4.98 Å². The first kappa shape index (κ1) is 13.5. The zero-order valence-electron chi connectivity index (χ0n) is 11.0. The fraction of sp³-hybridized carbons (Fsp3) is 0.231. The molecule has 7 heteroatoms. The molecule has 0 saturated carbocycles. The molecular formula is C13H12N4O3. The average Bonchev–Trinajstić information content (AvgIpc) is 2.75. The van der Waals surface area contributed by atoms with Crippen molar-refractivity contribution >= 4 is 11.4 Å². The summed E-state index contributed by atoms with van der Waals surface area (Å²) in [6.07, 6.45) is 0. The van der Waals surface area contributed by atoms with Crippen LogP contribution in [0.1, 0.15) is 22.9 Å². The number of benzene rings is 1. The Kier molecular flexibility index (Phi) is 3.66. The van der Waals surface area contributed by atoms with E-state index in [4.69, 9.17) is 9.68 Å². The number of aromatic nitrogens is 1. The Balaban J connectivity index is 2.16. The molecule has 0 unspecified atom stereocenters. The molecule has 0 amide bonds. The Morgan fingerprint density at radius 2 is 2.25 bits per heavy atom. The van der Waals surface area contributed by atoms with Gasteiger partial charge in [-0.2, -0.15) is 5.26 Å². The van der Waals surface area contributed by atoms with E-state index < -0.39 is 4.92 Å². The Morgan fingerprint density at radius 1 is 1.50 bits per heavy atom. The quantitative estimate of drug-likeness (QED) is 0.677. The standard InChI is InChI=1S/C13H12N4O3/c1-8-9(2)20-13(16-8)7-15-11-4-3-10(6-14)12(5-11)17(18)19/h3-5,15H,7H2,1-2H3. The van der Waals surface area contributed by atoms with Gasteiger partial charge in [0.25, 0.3) is 5.69 Å². The van der Waals surface area contributed by atoms with Crippen LogP contribution < -0.4 is 5.32 Å². The molecule has 1 aromatic heterocycles. The highest BCUT2D eigenvalue weighted by molar-refractivity contribution is 5.59. The van der Waals surface area contributed by atoms with Gasteiger partial charge in [-0.05, 0) is 26.0 Å². The molecule has 2 aromatic rings. The van der Waals surface area contributed by atoms with Gasteiger partial charge in [0.15, 0.2) is 0 Å². The first-order valence-electron chi connectivity index (χ1n) is 5.86. The van der Waals surface area contributed by atoms with Gasteiger partial charge in [0.05, 0.1) is 17.2 Å². The van der Waals surface area contributed by atoms with Gasteiger partial charge in [0.1, 0.15) is 17.4 Å². The van der Waals surface area contributed by atoms with Crippen LogP contribution in [0, 0.1) is 35.3 Å². The van der Waals surface area contributed by atoms with Gasteiger partial charge in [-0.1, -0.05) is 0 Å². The summed E-state index contributed by atoms with van der Waals surface area (Å²) in [7, 11) is 0. The topological polar surface area (TPSA) is 105 Å². The molecule has 0 atom stereocenters. The van der Waals surface area contributed by atoms with Crippen LogP contribution >= 0.6 is 0 Å². The number of hydrogen-bond acceptors (Lipinski definition) is 6. The van der Waals surface area contributed by atoms with Crippen LogP contribution in [-0.2, 0) is 6.54 Å². The molecule has 0 bridgehead atoms. The van der Waals surface area contributed by atoms with E-state index in [2.05, 4.69) is 10.3 Å². The molecule has 1 heterocycles. The maximum absolute atomic E-state index is 10.9. The van der Waals surface area contributed by atoms with Gasteiger partial charge in [0, 0.05) is 11.8 Å². The molecule has 0 spiro atoms. The van der Waals surface area contributed by atoms with Gasteiger partial charge in [-0.25, -0.2) is 4.98 Å². The Labute approximate surface area is 115 Å². The minimum absolute atomic E-state index is 0.0309. The van der Waals surface area contributed by atoms with E-state index >= 15 is 0 Å². The van der Waals surface area contributed by atoms with Crippen molar-refractivity contribution in [3.63, 3.8) is 0 Å². The van der Waals surface area contributed by atoms with Crippen molar-refractivity contribution in [2.75, 3.05) is 5.32 Å². The maximum atomic E-state index is 10.9. The second-order valence-corrected chi connectivity index (χ2v) is 4.20. The van der Waals surface area contributed by atoms with Crippen LogP contribution in [0.4, 0.5) is 11.4 Å². The van der Waals surface area contributed by atoms with Gasteiger partial charge in [0.2, 0.25) is 5.89 Å². The van der Waals surface area contributed by atoms with E-state index in [0.717, 1.165) is 11.5 Å². The van der Waals surface area contributed by atoms with E-state index in [1.807, 2.05) is 13.8 Å². The minimum atomic E-state index is -0.580. The SMILES string of the molecule is Cc1nc(CNc2ccc(C#N)c([N+](=O)[O-])c2)oc1C. The fourth-order valence-electron chi connectivity index (χ4n) is 1.68. The molecule has 0 aliphatic carbocycles. The van der Waals surface area contributed by atoms with Crippen molar-refractivity contribution in [2.24, 2.45) is 0 Å². The summed E-state index contributed by atoms with van der Waals surface area (Å²) in [6, 6.07) is 6.12.